The molecule has 1 heterocycles. The molecule has 0 aromatic heterocycles. The van der Waals surface area contributed by atoms with E-state index in [1.165, 1.54) is 4.90 Å². The first kappa shape index (κ1) is 15.1. The average Bonchev–Trinajstić information content (AvgIpc) is 2.72. The third-order valence-corrected chi connectivity index (χ3v) is 4.20. The molecule has 1 saturated carbocycles. The minimum atomic E-state index is -4.08. The largest absolute Gasteiger partial charge is 0.401 e. The second-order valence-electron chi connectivity index (χ2n) is 5.91. The van der Waals surface area contributed by atoms with Crippen LogP contribution in [0.25, 0.3) is 0 Å². The minimum Gasteiger partial charge on any atom is -0.393 e. The van der Waals surface area contributed by atoms with Crippen molar-refractivity contribution < 1.29 is 18.3 Å². The van der Waals surface area contributed by atoms with Crippen LogP contribution in [0, 0.1) is 5.92 Å². The summed E-state index contributed by atoms with van der Waals surface area (Å²) in [6.07, 6.45) is 0.134. The van der Waals surface area contributed by atoms with Crippen molar-refractivity contribution in [3.05, 3.63) is 0 Å². The van der Waals surface area contributed by atoms with Gasteiger partial charge in [-0.3, -0.25) is 4.90 Å². The van der Waals surface area contributed by atoms with Crippen molar-refractivity contribution >= 4 is 0 Å². The summed E-state index contributed by atoms with van der Waals surface area (Å²) in [6, 6.07) is 0.335. The van der Waals surface area contributed by atoms with Crippen molar-refractivity contribution in [2.24, 2.45) is 5.92 Å². The van der Waals surface area contributed by atoms with Gasteiger partial charge in [0, 0.05) is 6.04 Å². The molecule has 1 aliphatic heterocycles. The van der Waals surface area contributed by atoms with Gasteiger partial charge in [0.1, 0.15) is 0 Å². The monoisotopic (exact) mass is 280 g/mol. The van der Waals surface area contributed by atoms with Crippen LogP contribution in [0.5, 0.6) is 0 Å². The predicted octanol–water partition coefficient (Wildman–Crippen LogP) is 1.76. The molecule has 2 fully saturated rings. The Balaban J connectivity index is 1.61. The number of likely N-dealkylation sites (tertiary alicyclic amines) is 1. The first-order valence-corrected chi connectivity index (χ1v) is 7.13. The van der Waals surface area contributed by atoms with Gasteiger partial charge in [0.25, 0.3) is 0 Å². The first-order chi connectivity index (χ1) is 8.92. The topological polar surface area (TPSA) is 35.5 Å². The Morgan fingerprint density at radius 1 is 1.11 bits per heavy atom. The lowest BCUT2D eigenvalue weighted by Gasteiger charge is -2.33. The van der Waals surface area contributed by atoms with E-state index in [1.54, 1.807) is 0 Å². The highest BCUT2D eigenvalue weighted by atomic mass is 19.4. The molecule has 0 spiro atoms. The summed E-state index contributed by atoms with van der Waals surface area (Å²) in [6.45, 7) is 1.14. The van der Waals surface area contributed by atoms with Crippen molar-refractivity contribution in [2.45, 2.75) is 50.4 Å². The molecule has 0 bridgehead atoms. The molecule has 0 radical (unpaired) electrons. The summed E-state index contributed by atoms with van der Waals surface area (Å²) < 4.78 is 36.7. The van der Waals surface area contributed by atoms with Gasteiger partial charge in [-0.25, -0.2) is 0 Å². The fourth-order valence-electron chi connectivity index (χ4n) is 3.12. The van der Waals surface area contributed by atoms with Crippen LogP contribution in [0.15, 0.2) is 0 Å². The molecule has 0 amide bonds. The Morgan fingerprint density at radius 3 is 2.32 bits per heavy atom. The van der Waals surface area contributed by atoms with Gasteiger partial charge in [0.05, 0.1) is 12.6 Å². The number of nitrogens with zero attached hydrogens (tertiary/aromatic N) is 1. The molecule has 6 heteroatoms. The van der Waals surface area contributed by atoms with Crippen LogP contribution >= 0.6 is 0 Å². The van der Waals surface area contributed by atoms with Crippen LogP contribution in [0.4, 0.5) is 13.2 Å². The summed E-state index contributed by atoms with van der Waals surface area (Å²) in [5, 5.41) is 12.9. The molecule has 3 nitrogen and oxygen atoms in total. The van der Waals surface area contributed by atoms with Gasteiger partial charge in [-0.2, -0.15) is 13.2 Å². The van der Waals surface area contributed by atoms with E-state index < -0.39 is 12.7 Å². The van der Waals surface area contributed by atoms with Gasteiger partial charge in [-0.15, -0.1) is 0 Å². The van der Waals surface area contributed by atoms with Gasteiger partial charge in [0.2, 0.25) is 0 Å². The first-order valence-electron chi connectivity index (χ1n) is 7.13. The number of rotatable bonds is 4. The zero-order valence-corrected chi connectivity index (χ0v) is 11.1. The maximum atomic E-state index is 12.2. The highest BCUT2D eigenvalue weighted by Crippen LogP contribution is 2.25. The quantitative estimate of drug-likeness (QED) is 0.824. The summed E-state index contributed by atoms with van der Waals surface area (Å²) >= 11 is 0. The van der Waals surface area contributed by atoms with Crippen LogP contribution in [-0.4, -0.2) is 54.5 Å². The zero-order valence-electron chi connectivity index (χ0n) is 11.1. The highest BCUT2D eigenvalue weighted by Gasteiger charge is 2.32. The zero-order chi connectivity index (χ0) is 13.9. The molecule has 0 aromatic carbocycles. The fourth-order valence-corrected chi connectivity index (χ4v) is 3.12. The second-order valence-corrected chi connectivity index (χ2v) is 5.91. The molecule has 2 rings (SSSR count). The lowest BCUT2D eigenvalue weighted by molar-refractivity contribution is -0.148. The number of hydrogen-bond acceptors (Lipinski definition) is 3. The van der Waals surface area contributed by atoms with Gasteiger partial charge in [-0.05, 0) is 57.7 Å². The van der Waals surface area contributed by atoms with E-state index in [0.717, 1.165) is 38.6 Å². The van der Waals surface area contributed by atoms with Gasteiger partial charge >= 0.3 is 6.18 Å². The molecule has 112 valence electrons. The molecular formula is C13H23F3N2O. The second kappa shape index (κ2) is 6.41. The summed E-state index contributed by atoms with van der Waals surface area (Å²) in [5.41, 5.74) is 0. The highest BCUT2D eigenvalue weighted by molar-refractivity contribution is 4.82. The van der Waals surface area contributed by atoms with E-state index in [1.807, 2.05) is 0 Å². The fraction of sp³-hybridized carbons (Fsp3) is 1.00. The van der Waals surface area contributed by atoms with Crippen molar-refractivity contribution in [3.8, 4) is 0 Å². The molecule has 1 aliphatic carbocycles. The molecule has 2 atom stereocenters. The van der Waals surface area contributed by atoms with E-state index in [2.05, 4.69) is 5.32 Å². The number of hydrogen-bond donors (Lipinski definition) is 2. The molecule has 0 aromatic rings. The molecular weight excluding hydrogens is 257 g/mol. The Kier molecular flexibility index (Phi) is 5.09. The average molecular weight is 280 g/mol. The molecule has 1 saturated heterocycles. The van der Waals surface area contributed by atoms with E-state index >= 15 is 0 Å². The van der Waals surface area contributed by atoms with E-state index in [0.29, 0.717) is 25.0 Å². The number of aliphatic hydroxyl groups excluding tert-OH is 1. The summed E-state index contributed by atoms with van der Waals surface area (Å²) in [5.74, 6) is 0.531. The number of piperidine rings is 1. The summed E-state index contributed by atoms with van der Waals surface area (Å²) in [7, 11) is 0. The van der Waals surface area contributed by atoms with Gasteiger partial charge < -0.3 is 10.4 Å². The third-order valence-electron chi connectivity index (χ3n) is 4.20. The van der Waals surface area contributed by atoms with Gasteiger partial charge in [-0.1, -0.05) is 0 Å². The van der Waals surface area contributed by atoms with Crippen molar-refractivity contribution in [1.82, 2.24) is 10.2 Å². The Morgan fingerprint density at radius 2 is 1.79 bits per heavy atom. The van der Waals surface area contributed by atoms with Crippen LogP contribution < -0.4 is 5.32 Å². The predicted molar refractivity (Wildman–Crippen MR) is 66.9 cm³/mol. The third kappa shape index (κ3) is 5.28. The summed E-state index contributed by atoms with van der Waals surface area (Å²) in [4.78, 5) is 1.48. The van der Waals surface area contributed by atoms with Crippen LogP contribution in [-0.2, 0) is 0 Å². The number of halogens is 3. The molecule has 2 unspecified atom stereocenters. The van der Waals surface area contributed by atoms with E-state index in [-0.39, 0.29) is 6.10 Å². The smallest absolute Gasteiger partial charge is 0.393 e. The number of alkyl halides is 3. The SMILES string of the molecule is OC1CCC(CNC2CCN(CC(F)(F)F)CC2)C1. The standard InChI is InChI=1S/C13H23F3N2O/c14-13(15,16)9-18-5-3-11(4-6-18)17-8-10-1-2-12(19)7-10/h10-12,17,19H,1-9H2. The Labute approximate surface area is 112 Å². The van der Waals surface area contributed by atoms with Crippen LogP contribution in [0.1, 0.15) is 32.1 Å². The molecule has 19 heavy (non-hydrogen) atoms. The molecule has 2 aliphatic rings. The maximum absolute atomic E-state index is 12.2. The van der Waals surface area contributed by atoms with Crippen molar-refractivity contribution in [2.75, 3.05) is 26.2 Å². The minimum absolute atomic E-state index is 0.152. The van der Waals surface area contributed by atoms with Crippen molar-refractivity contribution in [3.63, 3.8) is 0 Å². The number of nitrogens with one attached hydrogen (secondary N) is 1. The lowest BCUT2D eigenvalue weighted by atomic mass is 10.0. The van der Waals surface area contributed by atoms with Crippen LogP contribution in [0.3, 0.4) is 0 Å². The Hall–Kier alpha value is -0.330. The Bertz CT molecular complexity index is 278. The van der Waals surface area contributed by atoms with Crippen LogP contribution in [0.2, 0.25) is 0 Å². The lowest BCUT2D eigenvalue weighted by Crippen LogP contribution is -2.46. The van der Waals surface area contributed by atoms with E-state index in [4.69, 9.17) is 0 Å². The van der Waals surface area contributed by atoms with E-state index in [9.17, 15) is 18.3 Å². The van der Waals surface area contributed by atoms with Gasteiger partial charge in [0.15, 0.2) is 0 Å². The number of aliphatic hydroxyl groups is 1. The normalized spacial score (nSPS) is 30.9. The van der Waals surface area contributed by atoms with Crippen molar-refractivity contribution in [1.29, 1.82) is 0 Å². The molecule has 2 N–H and O–H groups in total. The maximum Gasteiger partial charge on any atom is 0.401 e.